The highest BCUT2D eigenvalue weighted by atomic mass is 79.9. The number of unbranched alkanes of at least 4 members (excludes halogenated alkanes) is 1. The fraction of sp³-hybridized carbons (Fsp3) is 0.417. The summed E-state index contributed by atoms with van der Waals surface area (Å²) in [6, 6.07) is 7.83. The Bertz CT molecular complexity index is 374. The molecule has 0 saturated heterocycles. The largest absolute Gasteiger partial charge is 0.385 e. The standard InChI is InChI=1S/C12H15BrN2O/c1-16-7-3-2-6-15-12-5-4-11(13)8-10(12)9-14/h4-5,8,15H,2-3,6-7H2,1H3. The van der Waals surface area contributed by atoms with Gasteiger partial charge in [0, 0.05) is 24.7 Å². The number of methoxy groups -OCH3 is 1. The van der Waals surface area contributed by atoms with E-state index in [1.807, 2.05) is 18.2 Å². The predicted octanol–water partition coefficient (Wildman–Crippen LogP) is 3.16. The van der Waals surface area contributed by atoms with Gasteiger partial charge in [0.15, 0.2) is 0 Å². The Morgan fingerprint density at radius 1 is 1.44 bits per heavy atom. The molecule has 0 spiro atoms. The Balaban J connectivity index is 2.45. The van der Waals surface area contributed by atoms with E-state index >= 15 is 0 Å². The molecule has 0 bridgehead atoms. The number of halogens is 1. The molecule has 0 atom stereocenters. The molecule has 0 fully saturated rings. The molecule has 0 saturated carbocycles. The minimum Gasteiger partial charge on any atom is -0.385 e. The zero-order chi connectivity index (χ0) is 11.8. The fourth-order valence-corrected chi connectivity index (χ4v) is 1.72. The van der Waals surface area contributed by atoms with Crippen molar-refractivity contribution < 1.29 is 4.74 Å². The summed E-state index contributed by atoms with van der Waals surface area (Å²) in [6.07, 6.45) is 2.07. The molecule has 3 nitrogen and oxygen atoms in total. The second kappa shape index (κ2) is 7.26. The Kier molecular flexibility index (Phi) is 5.91. The van der Waals surface area contributed by atoms with Crippen LogP contribution in [0.25, 0.3) is 0 Å². The van der Waals surface area contributed by atoms with Crippen molar-refractivity contribution >= 4 is 21.6 Å². The molecule has 4 heteroatoms. The third-order valence-electron chi connectivity index (χ3n) is 2.19. The highest BCUT2D eigenvalue weighted by Gasteiger charge is 2.01. The molecular formula is C12H15BrN2O. The third kappa shape index (κ3) is 4.21. The summed E-state index contributed by atoms with van der Waals surface area (Å²) in [6.45, 7) is 1.65. The Morgan fingerprint density at radius 2 is 2.25 bits per heavy atom. The van der Waals surface area contributed by atoms with Crippen LogP contribution in [0.2, 0.25) is 0 Å². The molecule has 0 aliphatic heterocycles. The fourth-order valence-electron chi connectivity index (χ4n) is 1.36. The van der Waals surface area contributed by atoms with Crippen LogP contribution in [0.5, 0.6) is 0 Å². The van der Waals surface area contributed by atoms with E-state index in [-0.39, 0.29) is 0 Å². The third-order valence-corrected chi connectivity index (χ3v) is 2.69. The molecule has 1 N–H and O–H groups in total. The van der Waals surface area contributed by atoms with Crippen LogP contribution in [-0.4, -0.2) is 20.3 Å². The molecule has 0 aliphatic rings. The first-order chi connectivity index (χ1) is 7.77. The summed E-state index contributed by atoms with van der Waals surface area (Å²) >= 11 is 3.34. The molecule has 16 heavy (non-hydrogen) atoms. The minimum atomic E-state index is 0.668. The minimum absolute atomic E-state index is 0.668. The van der Waals surface area contributed by atoms with E-state index in [1.165, 1.54) is 0 Å². The number of rotatable bonds is 6. The van der Waals surface area contributed by atoms with Crippen molar-refractivity contribution in [3.8, 4) is 6.07 Å². The lowest BCUT2D eigenvalue weighted by molar-refractivity contribution is 0.194. The van der Waals surface area contributed by atoms with Crippen LogP contribution in [0.3, 0.4) is 0 Å². The van der Waals surface area contributed by atoms with Crippen LogP contribution in [0.1, 0.15) is 18.4 Å². The number of benzene rings is 1. The smallest absolute Gasteiger partial charge is 0.101 e. The van der Waals surface area contributed by atoms with E-state index < -0.39 is 0 Å². The molecule has 0 aliphatic carbocycles. The summed E-state index contributed by atoms with van der Waals surface area (Å²) in [7, 11) is 1.70. The maximum absolute atomic E-state index is 8.95. The van der Waals surface area contributed by atoms with Crippen molar-refractivity contribution in [3.63, 3.8) is 0 Å². The second-order valence-electron chi connectivity index (χ2n) is 3.43. The Labute approximate surface area is 105 Å². The first-order valence-electron chi connectivity index (χ1n) is 5.20. The quantitative estimate of drug-likeness (QED) is 0.816. The molecule has 0 heterocycles. The predicted molar refractivity (Wildman–Crippen MR) is 68.5 cm³/mol. The van der Waals surface area contributed by atoms with Gasteiger partial charge in [-0.25, -0.2) is 0 Å². The highest BCUT2D eigenvalue weighted by Crippen LogP contribution is 2.20. The lowest BCUT2D eigenvalue weighted by atomic mass is 10.2. The van der Waals surface area contributed by atoms with Gasteiger partial charge in [-0.05, 0) is 31.0 Å². The molecule has 1 aromatic carbocycles. The summed E-state index contributed by atoms with van der Waals surface area (Å²) < 4.78 is 5.89. The average Bonchev–Trinajstić information content (AvgIpc) is 2.30. The Morgan fingerprint density at radius 3 is 2.94 bits per heavy atom. The number of hydrogen-bond acceptors (Lipinski definition) is 3. The van der Waals surface area contributed by atoms with Gasteiger partial charge in [0.1, 0.15) is 6.07 Å². The van der Waals surface area contributed by atoms with Crippen LogP contribution in [-0.2, 0) is 4.74 Å². The van der Waals surface area contributed by atoms with E-state index in [0.29, 0.717) is 5.56 Å². The van der Waals surface area contributed by atoms with Crippen molar-refractivity contribution in [3.05, 3.63) is 28.2 Å². The van der Waals surface area contributed by atoms with Crippen molar-refractivity contribution in [1.82, 2.24) is 0 Å². The molecule has 1 aromatic rings. The normalized spacial score (nSPS) is 9.81. The zero-order valence-electron chi connectivity index (χ0n) is 9.29. The summed E-state index contributed by atoms with van der Waals surface area (Å²) in [5, 5.41) is 12.2. The number of anilines is 1. The lowest BCUT2D eigenvalue weighted by Crippen LogP contribution is -2.04. The van der Waals surface area contributed by atoms with Crippen LogP contribution in [0.4, 0.5) is 5.69 Å². The molecule has 0 radical (unpaired) electrons. The first-order valence-corrected chi connectivity index (χ1v) is 5.99. The number of nitriles is 1. The van der Waals surface area contributed by atoms with Crippen LogP contribution in [0, 0.1) is 11.3 Å². The summed E-state index contributed by atoms with van der Waals surface area (Å²) in [4.78, 5) is 0. The molecule has 86 valence electrons. The number of nitrogens with one attached hydrogen (secondary N) is 1. The average molecular weight is 283 g/mol. The Hall–Kier alpha value is -1.05. The molecule has 1 rings (SSSR count). The zero-order valence-corrected chi connectivity index (χ0v) is 10.9. The van der Waals surface area contributed by atoms with E-state index in [2.05, 4.69) is 27.3 Å². The lowest BCUT2D eigenvalue weighted by Gasteiger charge is -2.08. The number of hydrogen-bond donors (Lipinski definition) is 1. The van der Waals surface area contributed by atoms with Gasteiger partial charge < -0.3 is 10.1 Å². The summed E-state index contributed by atoms with van der Waals surface area (Å²) in [5.74, 6) is 0. The van der Waals surface area contributed by atoms with E-state index in [1.54, 1.807) is 7.11 Å². The van der Waals surface area contributed by atoms with Gasteiger partial charge in [-0.15, -0.1) is 0 Å². The van der Waals surface area contributed by atoms with Gasteiger partial charge in [-0.1, -0.05) is 15.9 Å². The van der Waals surface area contributed by atoms with Gasteiger partial charge in [-0.2, -0.15) is 5.26 Å². The van der Waals surface area contributed by atoms with Crippen molar-refractivity contribution in [2.45, 2.75) is 12.8 Å². The highest BCUT2D eigenvalue weighted by molar-refractivity contribution is 9.10. The summed E-state index contributed by atoms with van der Waals surface area (Å²) in [5.41, 5.74) is 1.56. The number of ether oxygens (including phenoxy) is 1. The first kappa shape index (κ1) is 13.0. The van der Waals surface area contributed by atoms with Gasteiger partial charge in [-0.3, -0.25) is 0 Å². The van der Waals surface area contributed by atoms with E-state index in [4.69, 9.17) is 10.00 Å². The monoisotopic (exact) mass is 282 g/mol. The van der Waals surface area contributed by atoms with Gasteiger partial charge in [0.25, 0.3) is 0 Å². The van der Waals surface area contributed by atoms with Crippen LogP contribution in [0.15, 0.2) is 22.7 Å². The topological polar surface area (TPSA) is 45.0 Å². The van der Waals surface area contributed by atoms with Crippen molar-refractivity contribution in [2.24, 2.45) is 0 Å². The maximum atomic E-state index is 8.95. The van der Waals surface area contributed by atoms with Crippen LogP contribution < -0.4 is 5.32 Å². The van der Waals surface area contributed by atoms with Crippen molar-refractivity contribution in [2.75, 3.05) is 25.6 Å². The maximum Gasteiger partial charge on any atom is 0.101 e. The molecule has 0 unspecified atom stereocenters. The molecule has 0 aromatic heterocycles. The second-order valence-corrected chi connectivity index (χ2v) is 4.34. The van der Waals surface area contributed by atoms with Crippen molar-refractivity contribution in [1.29, 1.82) is 5.26 Å². The van der Waals surface area contributed by atoms with Gasteiger partial charge >= 0.3 is 0 Å². The van der Waals surface area contributed by atoms with E-state index in [0.717, 1.165) is 36.2 Å². The molecule has 0 amide bonds. The van der Waals surface area contributed by atoms with E-state index in [9.17, 15) is 0 Å². The molecular weight excluding hydrogens is 268 g/mol. The number of nitrogens with zero attached hydrogens (tertiary/aromatic N) is 1. The van der Waals surface area contributed by atoms with Gasteiger partial charge in [0.2, 0.25) is 0 Å². The van der Waals surface area contributed by atoms with Gasteiger partial charge in [0.05, 0.1) is 11.3 Å². The van der Waals surface area contributed by atoms with Crippen LogP contribution >= 0.6 is 15.9 Å². The SMILES string of the molecule is COCCCCNc1ccc(Br)cc1C#N.